The van der Waals surface area contributed by atoms with E-state index in [0.717, 1.165) is 6.07 Å². The summed E-state index contributed by atoms with van der Waals surface area (Å²) in [5.41, 5.74) is -2.14. The van der Waals surface area contributed by atoms with Crippen LogP contribution in [0.3, 0.4) is 0 Å². The van der Waals surface area contributed by atoms with Crippen LogP contribution >= 0.6 is 0 Å². The van der Waals surface area contributed by atoms with Crippen molar-refractivity contribution in [2.24, 2.45) is 0 Å². The van der Waals surface area contributed by atoms with E-state index >= 15 is 0 Å². The zero-order chi connectivity index (χ0) is 15.8. The van der Waals surface area contributed by atoms with Gasteiger partial charge in [-0.2, -0.15) is 13.2 Å². The summed E-state index contributed by atoms with van der Waals surface area (Å²) >= 11 is 0. The summed E-state index contributed by atoms with van der Waals surface area (Å²) in [5, 5.41) is 2.63. The Balaban J connectivity index is 2.57. The van der Waals surface area contributed by atoms with Crippen LogP contribution in [-0.4, -0.2) is 30.8 Å². The number of halogens is 3. The lowest BCUT2D eigenvalue weighted by atomic mass is 9.96. The van der Waals surface area contributed by atoms with Gasteiger partial charge in [0, 0.05) is 24.3 Å². The van der Waals surface area contributed by atoms with Gasteiger partial charge in [0.2, 0.25) is 5.91 Å². The second-order valence-electron chi connectivity index (χ2n) is 5.36. The number of hydrogen-bond donors (Lipinski definition) is 1. The van der Waals surface area contributed by atoms with E-state index in [1.54, 1.807) is 13.8 Å². The van der Waals surface area contributed by atoms with Gasteiger partial charge in [-0.15, -0.1) is 0 Å². The van der Waals surface area contributed by atoms with Crippen molar-refractivity contribution in [3.05, 3.63) is 29.3 Å². The highest BCUT2D eigenvalue weighted by Gasteiger charge is 2.42. The quantitative estimate of drug-likeness (QED) is 0.852. The predicted octanol–water partition coefficient (Wildman–Crippen LogP) is 2.23. The fourth-order valence-corrected chi connectivity index (χ4v) is 2.41. The van der Waals surface area contributed by atoms with Crippen molar-refractivity contribution in [3.8, 4) is 0 Å². The van der Waals surface area contributed by atoms with E-state index in [9.17, 15) is 22.8 Å². The van der Waals surface area contributed by atoms with E-state index in [-0.39, 0.29) is 30.2 Å². The molecule has 0 spiro atoms. The first-order valence-electron chi connectivity index (χ1n) is 6.40. The monoisotopic (exact) mass is 300 g/mol. The molecule has 2 rings (SSSR count). The number of aldehydes is 1. The average Bonchev–Trinajstić information content (AvgIpc) is 2.40. The van der Waals surface area contributed by atoms with Crippen molar-refractivity contribution >= 4 is 17.9 Å². The zero-order valence-corrected chi connectivity index (χ0v) is 11.6. The number of alkyl halides is 3. The minimum Gasteiger partial charge on any atom is -0.355 e. The van der Waals surface area contributed by atoms with E-state index in [2.05, 4.69) is 5.32 Å². The van der Waals surface area contributed by atoms with Crippen molar-refractivity contribution < 1.29 is 22.8 Å². The first-order valence-corrected chi connectivity index (χ1v) is 6.40. The maximum absolute atomic E-state index is 13.2. The van der Waals surface area contributed by atoms with Crippen molar-refractivity contribution in [2.45, 2.75) is 25.6 Å². The number of benzene rings is 1. The Morgan fingerprint density at radius 3 is 2.57 bits per heavy atom. The molecule has 1 heterocycles. The standard InChI is InChI=1S/C14H15F3N2O2/c1-13(2)12(21)18-5-6-19(13)11-4-3-9(8-20)7-10(11)14(15,16)17/h3-4,7-8H,5-6H2,1-2H3,(H,18,21). The topological polar surface area (TPSA) is 49.4 Å². The molecule has 21 heavy (non-hydrogen) atoms. The van der Waals surface area contributed by atoms with Crippen LogP contribution in [0.4, 0.5) is 18.9 Å². The van der Waals surface area contributed by atoms with Gasteiger partial charge in [0.05, 0.1) is 5.56 Å². The second-order valence-corrected chi connectivity index (χ2v) is 5.36. The smallest absolute Gasteiger partial charge is 0.355 e. The molecule has 4 nitrogen and oxygen atoms in total. The lowest BCUT2D eigenvalue weighted by Gasteiger charge is -2.43. The fourth-order valence-electron chi connectivity index (χ4n) is 2.41. The Morgan fingerprint density at radius 1 is 1.33 bits per heavy atom. The fraction of sp³-hybridized carbons (Fsp3) is 0.429. The number of carbonyl (C=O) groups is 2. The molecule has 1 aliphatic heterocycles. The molecule has 0 saturated carbocycles. The molecule has 0 atom stereocenters. The van der Waals surface area contributed by atoms with Crippen LogP contribution < -0.4 is 10.2 Å². The maximum Gasteiger partial charge on any atom is 0.418 e. The van der Waals surface area contributed by atoms with Gasteiger partial charge >= 0.3 is 6.18 Å². The molecule has 1 aromatic rings. The molecule has 0 bridgehead atoms. The van der Waals surface area contributed by atoms with Gasteiger partial charge in [-0.05, 0) is 32.0 Å². The number of anilines is 1. The highest BCUT2D eigenvalue weighted by atomic mass is 19.4. The predicted molar refractivity (Wildman–Crippen MR) is 71.3 cm³/mol. The number of rotatable bonds is 2. The largest absolute Gasteiger partial charge is 0.418 e. The van der Waals surface area contributed by atoms with Crippen LogP contribution in [0.5, 0.6) is 0 Å². The summed E-state index contributed by atoms with van der Waals surface area (Å²) in [7, 11) is 0. The van der Waals surface area contributed by atoms with Gasteiger partial charge < -0.3 is 10.2 Å². The van der Waals surface area contributed by atoms with E-state index in [4.69, 9.17) is 0 Å². The molecule has 1 amide bonds. The molecule has 114 valence electrons. The summed E-state index contributed by atoms with van der Waals surface area (Å²) in [4.78, 5) is 24.0. The lowest BCUT2D eigenvalue weighted by Crippen LogP contribution is -2.62. The van der Waals surface area contributed by atoms with Crippen LogP contribution in [0.2, 0.25) is 0 Å². The van der Waals surface area contributed by atoms with Crippen molar-refractivity contribution in [3.63, 3.8) is 0 Å². The third kappa shape index (κ3) is 2.72. The summed E-state index contributed by atoms with van der Waals surface area (Å²) in [5.74, 6) is -0.332. The highest BCUT2D eigenvalue weighted by Crippen LogP contribution is 2.39. The van der Waals surface area contributed by atoms with Crippen molar-refractivity contribution in [2.75, 3.05) is 18.0 Å². The number of nitrogens with zero attached hydrogens (tertiary/aromatic N) is 1. The first kappa shape index (κ1) is 15.3. The molecule has 0 aliphatic carbocycles. The molecule has 0 radical (unpaired) electrons. The molecular weight excluding hydrogens is 285 g/mol. The Bertz CT molecular complexity index is 582. The number of amides is 1. The molecule has 1 fully saturated rings. The van der Waals surface area contributed by atoms with Gasteiger partial charge in [-0.1, -0.05) is 0 Å². The SMILES string of the molecule is CC1(C)C(=O)NCCN1c1ccc(C=O)cc1C(F)(F)F. The second kappa shape index (κ2) is 5.05. The van der Waals surface area contributed by atoms with Crippen molar-refractivity contribution in [1.82, 2.24) is 5.32 Å². The Morgan fingerprint density at radius 2 is 2.00 bits per heavy atom. The number of nitrogens with one attached hydrogen (secondary N) is 1. The minimum absolute atomic E-state index is 0.0506. The minimum atomic E-state index is -4.60. The Hall–Kier alpha value is -2.05. The molecule has 1 N–H and O–H groups in total. The van der Waals surface area contributed by atoms with Gasteiger partial charge in [0.25, 0.3) is 0 Å². The third-order valence-corrected chi connectivity index (χ3v) is 3.60. The molecule has 1 saturated heterocycles. The molecule has 1 aliphatic rings. The molecule has 1 aromatic carbocycles. The van der Waals surface area contributed by atoms with Crippen LogP contribution in [-0.2, 0) is 11.0 Å². The molecule has 0 aromatic heterocycles. The number of carbonyl (C=O) groups excluding carboxylic acids is 2. The summed E-state index contributed by atoms with van der Waals surface area (Å²) in [6.45, 7) is 3.67. The highest BCUT2D eigenvalue weighted by molar-refractivity contribution is 5.91. The van der Waals surface area contributed by atoms with Crippen molar-refractivity contribution in [1.29, 1.82) is 0 Å². The van der Waals surface area contributed by atoms with Gasteiger partial charge in [0.15, 0.2) is 0 Å². The normalized spacial score (nSPS) is 18.3. The lowest BCUT2D eigenvalue weighted by molar-refractivity contribution is -0.137. The molecule has 7 heteroatoms. The van der Waals surface area contributed by atoms with Gasteiger partial charge in [-0.3, -0.25) is 9.59 Å². The van der Waals surface area contributed by atoms with Crippen LogP contribution in [0.15, 0.2) is 18.2 Å². The number of piperazine rings is 1. The van der Waals surface area contributed by atoms with Gasteiger partial charge in [0.1, 0.15) is 11.8 Å². The maximum atomic E-state index is 13.2. The Labute approximate surface area is 119 Å². The average molecular weight is 300 g/mol. The first-order chi connectivity index (χ1) is 9.67. The molecular formula is C14H15F3N2O2. The van der Waals surface area contributed by atoms with E-state index in [1.807, 2.05) is 0 Å². The Kier molecular flexibility index (Phi) is 3.69. The van der Waals surface area contributed by atoms with E-state index in [1.165, 1.54) is 17.0 Å². The van der Waals surface area contributed by atoms with Crippen LogP contribution in [0.25, 0.3) is 0 Å². The van der Waals surface area contributed by atoms with Crippen LogP contribution in [0.1, 0.15) is 29.8 Å². The van der Waals surface area contributed by atoms with E-state index < -0.39 is 17.3 Å². The van der Waals surface area contributed by atoms with E-state index in [0.29, 0.717) is 6.29 Å². The summed E-state index contributed by atoms with van der Waals surface area (Å²) in [6.07, 6.45) is -4.23. The molecule has 0 unspecified atom stereocenters. The number of hydrogen-bond acceptors (Lipinski definition) is 3. The third-order valence-electron chi connectivity index (χ3n) is 3.60. The van der Waals surface area contributed by atoms with Crippen LogP contribution in [0, 0.1) is 0 Å². The zero-order valence-electron chi connectivity index (χ0n) is 11.6. The summed E-state index contributed by atoms with van der Waals surface area (Å²) < 4.78 is 39.7. The summed E-state index contributed by atoms with van der Waals surface area (Å²) in [6, 6.07) is 3.37. The van der Waals surface area contributed by atoms with Gasteiger partial charge in [-0.25, -0.2) is 0 Å².